The van der Waals surface area contributed by atoms with Crippen LogP contribution in [0.4, 0.5) is 5.69 Å². The summed E-state index contributed by atoms with van der Waals surface area (Å²) in [7, 11) is 0. The Kier molecular flexibility index (Phi) is 7.52. The van der Waals surface area contributed by atoms with Crippen molar-refractivity contribution in [1.29, 1.82) is 0 Å². The summed E-state index contributed by atoms with van der Waals surface area (Å²) >= 11 is 0. The Balaban J connectivity index is 1.93. The molecular formula is C22H29NO3. The second-order valence-corrected chi connectivity index (χ2v) is 6.92. The van der Waals surface area contributed by atoms with Crippen molar-refractivity contribution in [2.24, 2.45) is 5.92 Å². The standard InChI is InChI=1S/C22H29NO3/c1-5-17(4)20-11-6-7-12-21(20)26-15-22(24)23-18-9-8-10-19(13-18)25-14-16(2)3/h6-13,16-17H,5,14-15H2,1-4H3,(H,23,24). The van der Waals surface area contributed by atoms with Gasteiger partial charge in [0.05, 0.1) is 6.61 Å². The number of anilines is 1. The third kappa shape index (κ3) is 6.10. The molecule has 0 heterocycles. The third-order valence-corrected chi connectivity index (χ3v) is 4.12. The molecule has 2 aromatic carbocycles. The topological polar surface area (TPSA) is 47.6 Å². The first-order valence-electron chi connectivity index (χ1n) is 9.24. The van der Waals surface area contributed by atoms with Crippen LogP contribution >= 0.6 is 0 Å². The van der Waals surface area contributed by atoms with Gasteiger partial charge in [0.15, 0.2) is 6.61 Å². The first-order chi connectivity index (χ1) is 12.5. The van der Waals surface area contributed by atoms with Crippen molar-refractivity contribution in [2.45, 2.75) is 40.0 Å². The van der Waals surface area contributed by atoms with Crippen LogP contribution in [-0.2, 0) is 4.79 Å². The van der Waals surface area contributed by atoms with E-state index in [1.165, 1.54) is 0 Å². The van der Waals surface area contributed by atoms with Crippen LogP contribution in [0.5, 0.6) is 11.5 Å². The highest BCUT2D eigenvalue weighted by molar-refractivity contribution is 5.92. The van der Waals surface area contributed by atoms with Gasteiger partial charge in [-0.3, -0.25) is 4.79 Å². The van der Waals surface area contributed by atoms with Crippen LogP contribution in [-0.4, -0.2) is 19.1 Å². The number of benzene rings is 2. The van der Waals surface area contributed by atoms with Gasteiger partial charge in [0, 0.05) is 11.8 Å². The molecule has 0 fully saturated rings. The van der Waals surface area contributed by atoms with Crippen LogP contribution in [0.15, 0.2) is 48.5 Å². The highest BCUT2D eigenvalue weighted by atomic mass is 16.5. The van der Waals surface area contributed by atoms with E-state index < -0.39 is 0 Å². The van der Waals surface area contributed by atoms with Crippen molar-refractivity contribution in [1.82, 2.24) is 0 Å². The van der Waals surface area contributed by atoms with E-state index in [0.29, 0.717) is 24.1 Å². The number of carbonyl (C=O) groups excluding carboxylic acids is 1. The lowest BCUT2D eigenvalue weighted by Gasteiger charge is -2.15. The van der Waals surface area contributed by atoms with Crippen LogP contribution < -0.4 is 14.8 Å². The molecule has 0 bridgehead atoms. The predicted molar refractivity (Wildman–Crippen MR) is 106 cm³/mol. The number of amides is 1. The van der Waals surface area contributed by atoms with Crippen molar-refractivity contribution >= 4 is 11.6 Å². The van der Waals surface area contributed by atoms with Gasteiger partial charge in [-0.05, 0) is 42.0 Å². The molecule has 1 atom stereocenters. The lowest BCUT2D eigenvalue weighted by Crippen LogP contribution is -2.20. The number of ether oxygens (including phenoxy) is 2. The van der Waals surface area contributed by atoms with E-state index in [2.05, 4.69) is 39.1 Å². The zero-order valence-electron chi connectivity index (χ0n) is 16.1. The summed E-state index contributed by atoms with van der Waals surface area (Å²) in [6.07, 6.45) is 1.02. The maximum atomic E-state index is 12.2. The highest BCUT2D eigenvalue weighted by Gasteiger charge is 2.11. The Bertz CT molecular complexity index is 712. The molecule has 1 unspecified atom stereocenters. The molecule has 2 aromatic rings. The molecule has 0 aliphatic heterocycles. The molecule has 2 rings (SSSR count). The third-order valence-electron chi connectivity index (χ3n) is 4.12. The Morgan fingerprint density at radius 2 is 1.81 bits per heavy atom. The van der Waals surface area contributed by atoms with E-state index in [1.807, 2.05) is 42.5 Å². The Labute approximate surface area is 156 Å². The number of nitrogens with one attached hydrogen (secondary N) is 1. The van der Waals surface area contributed by atoms with E-state index in [-0.39, 0.29) is 12.5 Å². The van der Waals surface area contributed by atoms with Gasteiger partial charge in [-0.15, -0.1) is 0 Å². The van der Waals surface area contributed by atoms with Gasteiger partial charge >= 0.3 is 0 Å². The molecule has 1 amide bonds. The van der Waals surface area contributed by atoms with Gasteiger partial charge in [-0.2, -0.15) is 0 Å². The molecule has 0 saturated carbocycles. The van der Waals surface area contributed by atoms with Gasteiger partial charge in [0.1, 0.15) is 11.5 Å². The van der Waals surface area contributed by atoms with E-state index in [9.17, 15) is 4.79 Å². The average Bonchev–Trinajstić information content (AvgIpc) is 2.64. The Morgan fingerprint density at radius 3 is 2.54 bits per heavy atom. The quantitative estimate of drug-likeness (QED) is 0.668. The summed E-state index contributed by atoms with van der Waals surface area (Å²) in [6.45, 7) is 9.12. The molecular weight excluding hydrogens is 326 g/mol. The first-order valence-corrected chi connectivity index (χ1v) is 9.24. The summed E-state index contributed by atoms with van der Waals surface area (Å²) < 4.78 is 11.5. The molecule has 0 aliphatic rings. The maximum absolute atomic E-state index is 12.2. The van der Waals surface area contributed by atoms with Crippen molar-refractivity contribution in [3.05, 3.63) is 54.1 Å². The van der Waals surface area contributed by atoms with E-state index in [0.717, 1.165) is 23.5 Å². The van der Waals surface area contributed by atoms with Crippen LogP contribution in [0.2, 0.25) is 0 Å². The smallest absolute Gasteiger partial charge is 0.262 e. The van der Waals surface area contributed by atoms with Gasteiger partial charge in [0.2, 0.25) is 0 Å². The molecule has 4 heteroatoms. The lowest BCUT2D eigenvalue weighted by molar-refractivity contribution is -0.118. The second-order valence-electron chi connectivity index (χ2n) is 6.92. The molecule has 26 heavy (non-hydrogen) atoms. The van der Waals surface area contributed by atoms with Crippen molar-refractivity contribution in [3.63, 3.8) is 0 Å². The number of para-hydroxylation sites is 1. The fourth-order valence-corrected chi connectivity index (χ4v) is 2.51. The fourth-order valence-electron chi connectivity index (χ4n) is 2.51. The van der Waals surface area contributed by atoms with Crippen molar-refractivity contribution in [2.75, 3.05) is 18.5 Å². The number of carbonyl (C=O) groups is 1. The molecule has 140 valence electrons. The van der Waals surface area contributed by atoms with Gasteiger partial charge in [0.25, 0.3) is 5.91 Å². The molecule has 0 saturated heterocycles. The molecule has 1 N–H and O–H groups in total. The zero-order valence-corrected chi connectivity index (χ0v) is 16.1. The Morgan fingerprint density at radius 1 is 1.04 bits per heavy atom. The maximum Gasteiger partial charge on any atom is 0.262 e. The minimum atomic E-state index is -0.190. The highest BCUT2D eigenvalue weighted by Crippen LogP contribution is 2.28. The molecule has 0 spiro atoms. The predicted octanol–water partition coefficient (Wildman–Crippen LogP) is 5.25. The van der Waals surface area contributed by atoms with Crippen molar-refractivity contribution in [3.8, 4) is 11.5 Å². The summed E-state index contributed by atoms with van der Waals surface area (Å²) in [5, 5.41) is 2.86. The number of hydrogen-bond donors (Lipinski definition) is 1. The van der Waals surface area contributed by atoms with Crippen LogP contribution in [0.1, 0.15) is 45.6 Å². The average molecular weight is 355 g/mol. The van der Waals surface area contributed by atoms with Crippen molar-refractivity contribution < 1.29 is 14.3 Å². The minimum absolute atomic E-state index is 0.0233. The fraction of sp³-hybridized carbons (Fsp3) is 0.409. The van der Waals surface area contributed by atoms with Gasteiger partial charge in [-0.25, -0.2) is 0 Å². The van der Waals surface area contributed by atoms with Crippen LogP contribution in [0.3, 0.4) is 0 Å². The lowest BCUT2D eigenvalue weighted by atomic mass is 9.98. The SMILES string of the molecule is CCC(C)c1ccccc1OCC(=O)Nc1cccc(OCC(C)C)c1. The Hall–Kier alpha value is -2.49. The number of hydrogen-bond acceptors (Lipinski definition) is 3. The minimum Gasteiger partial charge on any atom is -0.493 e. The normalized spacial score (nSPS) is 11.9. The zero-order chi connectivity index (χ0) is 18.9. The van der Waals surface area contributed by atoms with E-state index in [1.54, 1.807) is 0 Å². The largest absolute Gasteiger partial charge is 0.493 e. The molecule has 0 aliphatic carbocycles. The van der Waals surface area contributed by atoms with E-state index in [4.69, 9.17) is 9.47 Å². The summed E-state index contributed by atoms with van der Waals surface area (Å²) in [5.74, 6) is 2.17. The monoisotopic (exact) mass is 355 g/mol. The van der Waals surface area contributed by atoms with Crippen LogP contribution in [0.25, 0.3) is 0 Å². The van der Waals surface area contributed by atoms with Gasteiger partial charge in [-0.1, -0.05) is 52.0 Å². The molecule has 4 nitrogen and oxygen atoms in total. The first kappa shape index (κ1) is 19.8. The summed E-state index contributed by atoms with van der Waals surface area (Å²) in [6, 6.07) is 15.3. The second kappa shape index (κ2) is 9.85. The number of rotatable bonds is 9. The van der Waals surface area contributed by atoms with Crippen LogP contribution in [0, 0.1) is 5.92 Å². The summed E-state index contributed by atoms with van der Waals surface area (Å²) in [4.78, 5) is 12.2. The van der Waals surface area contributed by atoms with Gasteiger partial charge < -0.3 is 14.8 Å². The molecule has 0 radical (unpaired) electrons. The summed E-state index contributed by atoms with van der Waals surface area (Å²) in [5.41, 5.74) is 1.84. The molecule has 0 aromatic heterocycles. The van der Waals surface area contributed by atoms with E-state index >= 15 is 0 Å².